The zero-order valence-electron chi connectivity index (χ0n) is 15.2. The van der Waals surface area contributed by atoms with E-state index in [1.54, 1.807) is 0 Å². The molecule has 1 fully saturated rings. The number of hydrogen-bond acceptors (Lipinski definition) is 4. The van der Waals surface area contributed by atoms with E-state index in [4.69, 9.17) is 12.2 Å². The Bertz CT molecular complexity index is 938. The van der Waals surface area contributed by atoms with E-state index in [0.717, 1.165) is 29.4 Å². The molecule has 0 bridgehead atoms. The average molecular weight is 385 g/mol. The van der Waals surface area contributed by atoms with E-state index >= 15 is 0 Å². The second kappa shape index (κ2) is 6.69. The fraction of sp³-hybridized carbons (Fsp3) is 0.625. The zero-order valence-corrected chi connectivity index (χ0v) is 16.8. The number of sulfone groups is 1. The van der Waals surface area contributed by atoms with Crippen LogP contribution in [0.5, 0.6) is 0 Å². The van der Waals surface area contributed by atoms with Gasteiger partial charge in [-0.3, -0.25) is 9.25 Å². The third kappa shape index (κ3) is 3.73. The van der Waals surface area contributed by atoms with Gasteiger partial charge < -0.3 is 9.47 Å². The molecule has 1 aliphatic rings. The molecule has 2 aromatic heterocycles. The van der Waals surface area contributed by atoms with Crippen molar-refractivity contribution in [3.8, 4) is 0 Å². The van der Waals surface area contributed by atoms with Gasteiger partial charge in [0.25, 0.3) is 0 Å². The summed E-state index contributed by atoms with van der Waals surface area (Å²) in [7, 11) is 1.16. The highest BCUT2D eigenvalue weighted by molar-refractivity contribution is 7.91. The Balaban J connectivity index is 1.77. The Morgan fingerprint density at radius 1 is 1.36 bits per heavy atom. The first-order valence-electron chi connectivity index (χ1n) is 8.46. The van der Waals surface area contributed by atoms with Gasteiger partial charge in [0.15, 0.2) is 21.3 Å². The summed E-state index contributed by atoms with van der Waals surface area (Å²) in [5.41, 5.74) is 3.26. The second-order valence-electron chi connectivity index (χ2n) is 7.10. The van der Waals surface area contributed by atoms with Crippen molar-refractivity contribution in [2.45, 2.75) is 39.5 Å². The van der Waals surface area contributed by atoms with Crippen molar-refractivity contribution in [3.05, 3.63) is 34.1 Å². The Labute approximate surface area is 153 Å². The molecule has 0 amide bonds. The summed E-state index contributed by atoms with van der Waals surface area (Å²) >= 11 is 5.40. The molecule has 9 heteroatoms. The first-order valence-corrected chi connectivity index (χ1v) is 10.7. The molecular formula is C16H26N5O2S2+. The van der Waals surface area contributed by atoms with Gasteiger partial charge in [-0.05, 0) is 32.5 Å². The molecular weight excluding hydrogens is 358 g/mol. The van der Waals surface area contributed by atoms with Crippen LogP contribution in [0.25, 0.3) is 0 Å². The lowest BCUT2D eigenvalue weighted by Crippen LogP contribution is -3.06. The SMILES string of the molecule is Cc1nn([C@H]2CCS(=O)(=O)C2)c(C)c1C[NH+](C)Cn1ccn(C)c1=S. The van der Waals surface area contributed by atoms with Crippen molar-refractivity contribution in [1.29, 1.82) is 0 Å². The van der Waals surface area contributed by atoms with Crippen LogP contribution < -0.4 is 4.90 Å². The summed E-state index contributed by atoms with van der Waals surface area (Å²) in [5, 5.41) is 4.65. The molecule has 0 aliphatic carbocycles. The Morgan fingerprint density at radius 3 is 2.64 bits per heavy atom. The number of rotatable bonds is 5. The summed E-state index contributed by atoms with van der Waals surface area (Å²) in [4.78, 5) is 1.30. The Morgan fingerprint density at radius 2 is 2.08 bits per heavy atom. The minimum atomic E-state index is -2.91. The molecule has 1 saturated heterocycles. The lowest BCUT2D eigenvalue weighted by atomic mass is 10.2. The van der Waals surface area contributed by atoms with Crippen LogP contribution in [0.15, 0.2) is 12.4 Å². The molecule has 0 spiro atoms. The molecule has 1 unspecified atom stereocenters. The zero-order chi connectivity index (χ0) is 18.4. The standard InChI is InChI=1S/C16H25N5O2S2/c1-12-15(9-18(3)11-20-7-6-19(4)16(20)24)13(2)21(17-12)14-5-8-25(22,23)10-14/h6-7,14H,5,8-11H2,1-4H3/p+1/t14-/m0/s1. The van der Waals surface area contributed by atoms with Gasteiger partial charge in [-0.15, -0.1) is 0 Å². The van der Waals surface area contributed by atoms with Crippen molar-refractivity contribution in [1.82, 2.24) is 18.9 Å². The average Bonchev–Trinajstić information content (AvgIpc) is 3.14. The van der Waals surface area contributed by atoms with Crippen LogP contribution in [-0.4, -0.2) is 45.9 Å². The van der Waals surface area contributed by atoms with Crippen molar-refractivity contribution >= 4 is 22.1 Å². The molecule has 3 rings (SSSR count). The predicted octanol–water partition coefficient (Wildman–Crippen LogP) is 0.401. The maximum absolute atomic E-state index is 11.8. The Kier molecular flexibility index (Phi) is 4.91. The molecule has 0 aromatic carbocycles. The maximum Gasteiger partial charge on any atom is 0.183 e. The number of quaternary nitrogens is 1. The van der Waals surface area contributed by atoms with E-state index in [0.29, 0.717) is 6.42 Å². The number of nitrogens with zero attached hydrogens (tertiary/aromatic N) is 4. The van der Waals surface area contributed by atoms with Gasteiger partial charge in [-0.25, -0.2) is 8.42 Å². The monoisotopic (exact) mass is 384 g/mol. The third-order valence-corrected chi connectivity index (χ3v) is 7.24. The fourth-order valence-electron chi connectivity index (χ4n) is 3.56. The van der Waals surface area contributed by atoms with Crippen LogP contribution >= 0.6 is 12.2 Å². The van der Waals surface area contributed by atoms with E-state index in [1.807, 2.05) is 42.5 Å². The molecule has 0 saturated carbocycles. The third-order valence-electron chi connectivity index (χ3n) is 4.97. The summed E-state index contributed by atoms with van der Waals surface area (Å²) < 4.78 is 30.3. The van der Waals surface area contributed by atoms with Gasteiger partial charge in [0.05, 0.1) is 35.9 Å². The van der Waals surface area contributed by atoms with E-state index in [2.05, 4.69) is 16.7 Å². The number of aromatic nitrogens is 4. The van der Waals surface area contributed by atoms with Gasteiger partial charge in [0.1, 0.15) is 6.54 Å². The van der Waals surface area contributed by atoms with E-state index in [9.17, 15) is 8.42 Å². The molecule has 1 N–H and O–H groups in total. The summed E-state index contributed by atoms with van der Waals surface area (Å²) in [6.07, 6.45) is 4.62. The highest BCUT2D eigenvalue weighted by Gasteiger charge is 2.31. The van der Waals surface area contributed by atoms with Crippen LogP contribution in [0.3, 0.4) is 0 Å². The molecule has 1 aliphatic heterocycles. The highest BCUT2D eigenvalue weighted by atomic mass is 32.2. The molecule has 138 valence electrons. The van der Waals surface area contributed by atoms with Gasteiger partial charge in [0, 0.05) is 25.1 Å². The number of hydrogen-bond donors (Lipinski definition) is 1. The summed E-state index contributed by atoms with van der Waals surface area (Å²) in [6.45, 7) is 5.65. The molecule has 3 heterocycles. The lowest BCUT2D eigenvalue weighted by molar-refractivity contribution is -0.917. The van der Waals surface area contributed by atoms with Gasteiger partial charge in [-0.2, -0.15) is 5.10 Å². The minimum Gasteiger partial charge on any atom is -0.327 e. The van der Waals surface area contributed by atoms with Crippen LogP contribution in [0, 0.1) is 18.6 Å². The molecule has 7 nitrogen and oxygen atoms in total. The van der Waals surface area contributed by atoms with E-state index in [1.165, 1.54) is 10.5 Å². The normalized spacial score (nSPS) is 20.9. The lowest BCUT2D eigenvalue weighted by Gasteiger charge is -2.16. The smallest absolute Gasteiger partial charge is 0.183 e. The van der Waals surface area contributed by atoms with Gasteiger partial charge in [-0.1, -0.05) is 0 Å². The summed E-state index contributed by atoms with van der Waals surface area (Å²) in [6, 6.07) is -0.0273. The quantitative estimate of drug-likeness (QED) is 0.758. The fourth-order valence-corrected chi connectivity index (χ4v) is 5.43. The van der Waals surface area contributed by atoms with Crippen molar-refractivity contribution in [3.63, 3.8) is 0 Å². The molecule has 0 radical (unpaired) electrons. The van der Waals surface area contributed by atoms with Crippen LogP contribution in [0.2, 0.25) is 0 Å². The van der Waals surface area contributed by atoms with E-state index in [-0.39, 0.29) is 17.5 Å². The number of nitrogens with one attached hydrogen (secondary N) is 1. The van der Waals surface area contributed by atoms with Gasteiger partial charge in [0.2, 0.25) is 0 Å². The first kappa shape index (κ1) is 18.3. The largest absolute Gasteiger partial charge is 0.327 e. The van der Waals surface area contributed by atoms with E-state index < -0.39 is 9.84 Å². The molecule has 25 heavy (non-hydrogen) atoms. The van der Waals surface area contributed by atoms with Crippen molar-refractivity contribution in [2.24, 2.45) is 7.05 Å². The minimum absolute atomic E-state index is 0.0273. The van der Waals surface area contributed by atoms with Crippen LogP contribution in [0.4, 0.5) is 0 Å². The van der Waals surface area contributed by atoms with Crippen molar-refractivity contribution in [2.75, 3.05) is 18.6 Å². The topological polar surface area (TPSA) is 66.3 Å². The predicted molar refractivity (Wildman–Crippen MR) is 98.8 cm³/mol. The number of imidazole rings is 1. The Hall–Kier alpha value is -1.45. The van der Waals surface area contributed by atoms with Crippen molar-refractivity contribution < 1.29 is 13.3 Å². The first-order chi connectivity index (χ1) is 11.7. The van der Waals surface area contributed by atoms with Gasteiger partial charge >= 0.3 is 0 Å². The van der Waals surface area contributed by atoms with Crippen LogP contribution in [-0.2, 0) is 30.1 Å². The molecule has 2 atom stereocenters. The van der Waals surface area contributed by atoms with Crippen LogP contribution in [0.1, 0.15) is 29.4 Å². The highest BCUT2D eigenvalue weighted by Crippen LogP contribution is 2.26. The maximum atomic E-state index is 11.8. The second-order valence-corrected chi connectivity index (χ2v) is 9.70. The number of aryl methyl sites for hydroxylation is 2. The summed E-state index contributed by atoms with van der Waals surface area (Å²) in [5.74, 6) is 0.471. The molecule has 2 aromatic rings.